The first-order valence-corrected chi connectivity index (χ1v) is 10.0. The molecular formula is C19H26F3N5O4. The second-order valence-electron chi connectivity index (χ2n) is 8.41. The number of likely N-dealkylation sites (tertiary alicyclic amines) is 1. The Balaban J connectivity index is 0.000000339. The molecule has 31 heavy (non-hydrogen) atoms. The Morgan fingerprint density at radius 2 is 1.94 bits per heavy atom. The molecule has 9 nitrogen and oxygen atoms in total. The number of piperazine rings is 1. The highest BCUT2D eigenvalue weighted by atomic mass is 19.4. The monoisotopic (exact) mass is 445 g/mol. The van der Waals surface area contributed by atoms with Crippen LogP contribution in [0, 0.1) is 5.92 Å². The number of aliphatic carboxylic acids is 1. The van der Waals surface area contributed by atoms with Gasteiger partial charge in [0.05, 0.1) is 24.0 Å². The van der Waals surface area contributed by atoms with E-state index in [9.17, 15) is 22.8 Å². The van der Waals surface area contributed by atoms with Crippen LogP contribution < -0.4 is 4.90 Å². The van der Waals surface area contributed by atoms with Gasteiger partial charge in [0, 0.05) is 39.8 Å². The maximum absolute atomic E-state index is 12.6. The van der Waals surface area contributed by atoms with E-state index in [4.69, 9.17) is 9.90 Å². The predicted octanol–water partition coefficient (Wildman–Crippen LogP) is 1.10. The standard InChI is InChI=1S/C17H25N5O2.C2HF3O2/c1-13(23)22-10-16(24)21(15-7-18-19(2)9-15)12-17(22)5-6-20(11-17)8-14-3-4-14;3-2(4,5)1(6)7/h7,9,14H,3-6,8,10-12H2,1-2H3;(H,6,7). The fourth-order valence-electron chi connectivity index (χ4n) is 4.20. The molecule has 1 aromatic rings. The van der Waals surface area contributed by atoms with Crippen molar-refractivity contribution in [3.63, 3.8) is 0 Å². The zero-order chi connectivity index (χ0) is 23.0. The number of amides is 2. The van der Waals surface area contributed by atoms with Crippen molar-refractivity contribution >= 4 is 23.5 Å². The van der Waals surface area contributed by atoms with E-state index in [-0.39, 0.29) is 23.9 Å². The average molecular weight is 445 g/mol. The minimum absolute atomic E-state index is 0.00228. The number of nitrogens with zero attached hydrogens (tertiary/aromatic N) is 5. The average Bonchev–Trinajstić information content (AvgIpc) is 3.23. The highest BCUT2D eigenvalue weighted by molar-refractivity contribution is 5.98. The van der Waals surface area contributed by atoms with Gasteiger partial charge in [-0.1, -0.05) is 0 Å². The fraction of sp³-hybridized carbons (Fsp3) is 0.684. The van der Waals surface area contributed by atoms with Crippen LogP contribution in [0.2, 0.25) is 0 Å². The van der Waals surface area contributed by atoms with Crippen molar-refractivity contribution in [2.24, 2.45) is 13.0 Å². The third-order valence-electron chi connectivity index (χ3n) is 5.87. The first-order valence-electron chi connectivity index (χ1n) is 10.0. The SMILES string of the molecule is CC(=O)N1CC(=O)N(c2cnn(C)c2)CC12CCN(CC1CC1)C2.O=C(O)C(F)(F)F. The summed E-state index contributed by atoms with van der Waals surface area (Å²) in [6.07, 6.45) is 2.11. The molecule has 2 saturated heterocycles. The van der Waals surface area contributed by atoms with Crippen molar-refractivity contribution in [3.05, 3.63) is 12.4 Å². The molecule has 4 rings (SSSR count). The third-order valence-corrected chi connectivity index (χ3v) is 5.87. The lowest BCUT2D eigenvalue weighted by atomic mass is 9.92. The number of anilines is 1. The molecule has 1 aliphatic carbocycles. The Hall–Kier alpha value is -2.63. The maximum Gasteiger partial charge on any atom is 0.490 e. The van der Waals surface area contributed by atoms with E-state index < -0.39 is 12.1 Å². The van der Waals surface area contributed by atoms with Gasteiger partial charge in [-0.05, 0) is 25.2 Å². The molecule has 2 aliphatic heterocycles. The van der Waals surface area contributed by atoms with Crippen molar-refractivity contribution in [2.75, 3.05) is 37.6 Å². The van der Waals surface area contributed by atoms with Crippen LogP contribution in [-0.4, -0.2) is 86.9 Å². The number of aromatic nitrogens is 2. The Bertz CT molecular complexity index is 854. The molecular weight excluding hydrogens is 419 g/mol. The summed E-state index contributed by atoms with van der Waals surface area (Å²) in [5, 5.41) is 11.3. The van der Waals surface area contributed by atoms with Crippen molar-refractivity contribution in [1.29, 1.82) is 0 Å². The summed E-state index contributed by atoms with van der Waals surface area (Å²) in [6.45, 7) is 5.33. The third kappa shape index (κ3) is 5.35. The van der Waals surface area contributed by atoms with E-state index in [0.29, 0.717) is 6.54 Å². The molecule has 3 heterocycles. The number of hydrogen-bond donors (Lipinski definition) is 1. The van der Waals surface area contributed by atoms with E-state index >= 15 is 0 Å². The number of carboxylic acid groups (broad SMARTS) is 1. The summed E-state index contributed by atoms with van der Waals surface area (Å²) in [7, 11) is 1.85. The van der Waals surface area contributed by atoms with Gasteiger partial charge in [-0.3, -0.25) is 14.3 Å². The summed E-state index contributed by atoms with van der Waals surface area (Å²) in [5.74, 6) is -1.94. The number of carbonyl (C=O) groups is 3. The number of hydrogen-bond acceptors (Lipinski definition) is 5. The molecule has 12 heteroatoms. The predicted molar refractivity (Wildman–Crippen MR) is 103 cm³/mol. The Morgan fingerprint density at radius 1 is 1.29 bits per heavy atom. The van der Waals surface area contributed by atoms with Crippen LogP contribution in [0.3, 0.4) is 0 Å². The fourth-order valence-corrected chi connectivity index (χ4v) is 4.20. The van der Waals surface area contributed by atoms with Gasteiger partial charge in [0.25, 0.3) is 0 Å². The van der Waals surface area contributed by atoms with Gasteiger partial charge < -0.3 is 19.8 Å². The summed E-state index contributed by atoms with van der Waals surface area (Å²) in [5.41, 5.74) is 0.565. The lowest BCUT2D eigenvalue weighted by molar-refractivity contribution is -0.192. The van der Waals surface area contributed by atoms with Gasteiger partial charge >= 0.3 is 12.1 Å². The lowest BCUT2D eigenvalue weighted by Gasteiger charge is -2.48. The molecule has 1 spiro atoms. The zero-order valence-corrected chi connectivity index (χ0v) is 17.4. The molecule has 1 aromatic heterocycles. The molecule has 3 fully saturated rings. The number of halogens is 3. The summed E-state index contributed by atoms with van der Waals surface area (Å²) >= 11 is 0. The topological polar surface area (TPSA) is 99.0 Å². The molecule has 0 bridgehead atoms. The maximum atomic E-state index is 12.6. The second kappa shape index (κ2) is 8.48. The van der Waals surface area contributed by atoms with Gasteiger partial charge in [-0.2, -0.15) is 18.3 Å². The van der Waals surface area contributed by atoms with E-state index in [1.54, 1.807) is 17.8 Å². The lowest BCUT2D eigenvalue weighted by Crippen LogP contribution is -2.66. The van der Waals surface area contributed by atoms with Crippen molar-refractivity contribution in [1.82, 2.24) is 19.6 Å². The number of rotatable bonds is 3. The van der Waals surface area contributed by atoms with Gasteiger partial charge in [0.1, 0.15) is 6.54 Å². The summed E-state index contributed by atoms with van der Waals surface area (Å²) < 4.78 is 33.4. The van der Waals surface area contributed by atoms with E-state index in [0.717, 1.165) is 37.7 Å². The molecule has 1 atom stereocenters. The van der Waals surface area contributed by atoms with Crippen molar-refractivity contribution in [2.45, 2.75) is 37.9 Å². The highest BCUT2D eigenvalue weighted by Crippen LogP contribution is 2.37. The quantitative estimate of drug-likeness (QED) is 0.748. The number of alkyl halides is 3. The molecule has 1 unspecified atom stereocenters. The normalized spacial score (nSPS) is 24.4. The minimum atomic E-state index is -5.08. The first kappa shape index (κ1) is 23.0. The van der Waals surface area contributed by atoms with Crippen LogP contribution in [0.25, 0.3) is 0 Å². The number of carbonyl (C=O) groups excluding carboxylic acids is 2. The molecule has 2 amide bonds. The van der Waals surface area contributed by atoms with E-state index in [2.05, 4.69) is 10.00 Å². The minimum Gasteiger partial charge on any atom is -0.475 e. The van der Waals surface area contributed by atoms with E-state index in [1.807, 2.05) is 23.0 Å². The van der Waals surface area contributed by atoms with Crippen LogP contribution in [0.15, 0.2) is 12.4 Å². The van der Waals surface area contributed by atoms with Crippen LogP contribution in [0.1, 0.15) is 26.2 Å². The highest BCUT2D eigenvalue weighted by Gasteiger charge is 2.50. The molecule has 3 aliphatic rings. The smallest absolute Gasteiger partial charge is 0.475 e. The number of carboxylic acids is 1. The molecule has 1 saturated carbocycles. The van der Waals surface area contributed by atoms with Gasteiger partial charge in [-0.25, -0.2) is 4.79 Å². The van der Waals surface area contributed by atoms with Crippen LogP contribution >= 0.6 is 0 Å². The van der Waals surface area contributed by atoms with Gasteiger partial charge in [0.15, 0.2) is 0 Å². The van der Waals surface area contributed by atoms with Crippen LogP contribution in [0.4, 0.5) is 18.9 Å². The second-order valence-corrected chi connectivity index (χ2v) is 8.41. The Labute approximate surface area is 177 Å². The molecule has 172 valence electrons. The van der Waals surface area contributed by atoms with Gasteiger partial charge in [-0.15, -0.1) is 0 Å². The summed E-state index contributed by atoms with van der Waals surface area (Å²) in [4.78, 5) is 39.8. The zero-order valence-electron chi connectivity index (χ0n) is 17.4. The van der Waals surface area contributed by atoms with Gasteiger partial charge in [0.2, 0.25) is 11.8 Å². The van der Waals surface area contributed by atoms with Crippen molar-refractivity contribution < 1.29 is 32.7 Å². The summed E-state index contributed by atoms with van der Waals surface area (Å²) in [6, 6.07) is 0. The molecule has 0 radical (unpaired) electrons. The van der Waals surface area contributed by atoms with Crippen molar-refractivity contribution in [3.8, 4) is 0 Å². The molecule has 0 aromatic carbocycles. The first-order chi connectivity index (χ1) is 14.4. The van der Waals surface area contributed by atoms with E-state index in [1.165, 1.54) is 12.8 Å². The van der Waals surface area contributed by atoms with Crippen LogP contribution in [-0.2, 0) is 21.4 Å². The largest absolute Gasteiger partial charge is 0.490 e. The van der Waals surface area contributed by atoms with Crippen LogP contribution in [0.5, 0.6) is 0 Å². The number of aryl methyl sites for hydroxylation is 1. The Morgan fingerprint density at radius 3 is 2.42 bits per heavy atom. The Kier molecular flexibility index (Phi) is 6.30. The molecule has 1 N–H and O–H groups in total.